The maximum atomic E-state index is 13.6. The molecule has 0 bridgehead atoms. The van der Waals surface area contributed by atoms with Crippen LogP contribution < -0.4 is 4.74 Å². The Bertz CT molecular complexity index is 1080. The third-order valence-electron chi connectivity index (χ3n) is 7.87. The fraction of sp³-hybridized carbons (Fsp3) is 0.562. The number of likely N-dealkylation sites (tertiary alicyclic amines) is 1. The van der Waals surface area contributed by atoms with Gasteiger partial charge in [-0.1, -0.05) is 45.0 Å². The number of hydrogen-bond acceptors (Lipinski definition) is 5. The molecule has 0 radical (unpaired) electrons. The molecule has 2 fully saturated rings. The molecule has 0 unspecified atom stereocenters. The van der Waals surface area contributed by atoms with Crippen LogP contribution in [-0.2, 0) is 22.5 Å². The van der Waals surface area contributed by atoms with E-state index in [2.05, 4.69) is 25.7 Å². The molecule has 0 aromatic heterocycles. The summed E-state index contributed by atoms with van der Waals surface area (Å²) in [5.41, 5.74) is 1.88. The third kappa shape index (κ3) is 8.43. The van der Waals surface area contributed by atoms with Gasteiger partial charge in [0.1, 0.15) is 18.2 Å². The largest absolute Gasteiger partial charge is 0.493 e. The van der Waals surface area contributed by atoms with Crippen molar-refractivity contribution in [2.75, 3.05) is 39.4 Å². The van der Waals surface area contributed by atoms with E-state index in [0.29, 0.717) is 38.6 Å². The monoisotopic (exact) mass is 553 g/mol. The quantitative estimate of drug-likeness (QED) is 0.327. The van der Waals surface area contributed by atoms with Crippen LogP contribution in [-0.4, -0.2) is 78.2 Å². The SMILES string of the molecule is CC[C@H]1COC(=O)N1CCCN1CCC(N(Cc2ccc(F)cc2)C(=O)Cc2ccc(OCC(C)C)cc2)CC1. The lowest BCUT2D eigenvalue weighted by molar-refractivity contribution is -0.134. The third-order valence-corrected chi connectivity index (χ3v) is 7.87. The Kier molecular flexibility index (Phi) is 10.8. The van der Waals surface area contributed by atoms with Crippen molar-refractivity contribution in [1.82, 2.24) is 14.7 Å². The molecule has 218 valence electrons. The Morgan fingerprint density at radius 1 is 1.05 bits per heavy atom. The van der Waals surface area contributed by atoms with Gasteiger partial charge in [0.2, 0.25) is 5.91 Å². The number of amides is 2. The van der Waals surface area contributed by atoms with Crippen molar-refractivity contribution < 1.29 is 23.5 Å². The molecule has 0 spiro atoms. The molecule has 2 aliphatic rings. The highest BCUT2D eigenvalue weighted by Gasteiger charge is 2.32. The number of hydrogen-bond donors (Lipinski definition) is 0. The standard InChI is InChI=1S/C32H44FN3O4/c1-4-28-23-40-32(38)35(28)17-5-16-34-18-14-29(15-19-34)36(21-26-6-10-27(33)11-7-26)31(37)20-25-8-12-30(13-9-25)39-22-24(2)3/h6-13,24,28-29H,4-5,14-23H2,1-3H3/t28-/m0/s1. The number of benzene rings is 2. The van der Waals surface area contributed by atoms with Crippen LogP contribution in [0.15, 0.2) is 48.5 Å². The molecule has 7 nitrogen and oxygen atoms in total. The van der Waals surface area contributed by atoms with E-state index >= 15 is 0 Å². The highest BCUT2D eigenvalue weighted by atomic mass is 19.1. The van der Waals surface area contributed by atoms with Crippen molar-refractivity contribution in [3.8, 4) is 5.75 Å². The normalized spacial score (nSPS) is 18.3. The average Bonchev–Trinajstić information content (AvgIpc) is 3.31. The van der Waals surface area contributed by atoms with E-state index in [-0.39, 0.29) is 29.9 Å². The zero-order chi connectivity index (χ0) is 28.5. The number of carbonyl (C=O) groups is 2. The molecule has 0 aliphatic carbocycles. The lowest BCUT2D eigenvalue weighted by atomic mass is 10.0. The molecule has 2 saturated heterocycles. The molecule has 0 saturated carbocycles. The lowest BCUT2D eigenvalue weighted by Crippen LogP contribution is -2.48. The van der Waals surface area contributed by atoms with Crippen LogP contribution in [0, 0.1) is 11.7 Å². The fourth-order valence-corrected chi connectivity index (χ4v) is 5.47. The van der Waals surface area contributed by atoms with E-state index in [0.717, 1.165) is 62.2 Å². The van der Waals surface area contributed by atoms with Gasteiger partial charge in [0, 0.05) is 32.2 Å². The molecule has 0 N–H and O–H groups in total. The number of halogens is 1. The first-order valence-electron chi connectivity index (χ1n) is 14.7. The van der Waals surface area contributed by atoms with Crippen LogP contribution >= 0.6 is 0 Å². The van der Waals surface area contributed by atoms with Gasteiger partial charge >= 0.3 is 6.09 Å². The van der Waals surface area contributed by atoms with Crippen molar-refractivity contribution in [2.45, 2.75) is 71.5 Å². The Labute approximate surface area is 238 Å². The van der Waals surface area contributed by atoms with Gasteiger partial charge in [0.15, 0.2) is 0 Å². The topological polar surface area (TPSA) is 62.3 Å². The van der Waals surface area contributed by atoms with Gasteiger partial charge in [-0.3, -0.25) is 4.79 Å². The smallest absolute Gasteiger partial charge is 0.410 e. The number of ether oxygens (including phenoxy) is 2. The first-order chi connectivity index (χ1) is 19.3. The molecule has 40 heavy (non-hydrogen) atoms. The van der Waals surface area contributed by atoms with E-state index in [4.69, 9.17) is 9.47 Å². The Morgan fingerprint density at radius 3 is 2.38 bits per heavy atom. The second-order valence-electron chi connectivity index (χ2n) is 11.4. The van der Waals surface area contributed by atoms with Gasteiger partial charge in [0.25, 0.3) is 0 Å². The molecule has 8 heteroatoms. The van der Waals surface area contributed by atoms with E-state index < -0.39 is 0 Å². The minimum absolute atomic E-state index is 0.0803. The van der Waals surface area contributed by atoms with E-state index in [1.165, 1.54) is 12.1 Å². The summed E-state index contributed by atoms with van der Waals surface area (Å²) < 4.78 is 24.5. The maximum absolute atomic E-state index is 13.6. The van der Waals surface area contributed by atoms with Crippen molar-refractivity contribution in [3.05, 3.63) is 65.5 Å². The van der Waals surface area contributed by atoms with Crippen LogP contribution in [0.1, 0.15) is 57.6 Å². The fourth-order valence-electron chi connectivity index (χ4n) is 5.47. The first-order valence-corrected chi connectivity index (χ1v) is 14.7. The number of nitrogens with zero attached hydrogens (tertiary/aromatic N) is 3. The second-order valence-corrected chi connectivity index (χ2v) is 11.4. The van der Waals surface area contributed by atoms with Crippen molar-refractivity contribution in [1.29, 1.82) is 0 Å². The minimum Gasteiger partial charge on any atom is -0.493 e. The summed E-state index contributed by atoms with van der Waals surface area (Å²) in [5, 5.41) is 0. The van der Waals surface area contributed by atoms with E-state index in [1.54, 1.807) is 12.1 Å². The molecule has 2 aromatic rings. The number of piperidine rings is 1. The molecule has 2 amide bonds. The number of cyclic esters (lactones) is 1. The minimum atomic E-state index is -0.276. The van der Waals surface area contributed by atoms with Crippen molar-refractivity contribution >= 4 is 12.0 Å². The summed E-state index contributed by atoms with van der Waals surface area (Å²) in [6.07, 6.45) is 3.71. The van der Waals surface area contributed by atoms with Crippen LogP contribution in [0.5, 0.6) is 5.75 Å². The van der Waals surface area contributed by atoms with Crippen LogP contribution in [0.25, 0.3) is 0 Å². The lowest BCUT2D eigenvalue weighted by Gasteiger charge is -2.39. The van der Waals surface area contributed by atoms with Gasteiger partial charge in [-0.2, -0.15) is 0 Å². The Balaban J connectivity index is 1.33. The summed E-state index contributed by atoms with van der Waals surface area (Å²) in [6, 6.07) is 14.5. The highest BCUT2D eigenvalue weighted by Crippen LogP contribution is 2.23. The molecule has 4 rings (SSSR count). The average molecular weight is 554 g/mol. The van der Waals surface area contributed by atoms with Gasteiger partial charge in [0.05, 0.1) is 19.1 Å². The molecule has 2 aliphatic heterocycles. The molecule has 1 atom stereocenters. The molecular weight excluding hydrogens is 509 g/mol. The number of rotatable bonds is 13. The summed E-state index contributed by atoms with van der Waals surface area (Å²) >= 11 is 0. The van der Waals surface area contributed by atoms with Crippen molar-refractivity contribution in [3.63, 3.8) is 0 Å². The molecule has 2 aromatic carbocycles. The van der Waals surface area contributed by atoms with Gasteiger partial charge in [-0.15, -0.1) is 0 Å². The Hall–Kier alpha value is -3.13. The Morgan fingerprint density at radius 2 is 1.73 bits per heavy atom. The molecular formula is C32H44FN3O4. The summed E-state index contributed by atoms with van der Waals surface area (Å²) in [5.74, 6) is 1.07. The van der Waals surface area contributed by atoms with E-state index in [9.17, 15) is 14.0 Å². The van der Waals surface area contributed by atoms with Crippen LogP contribution in [0.4, 0.5) is 9.18 Å². The van der Waals surface area contributed by atoms with Gasteiger partial charge < -0.3 is 24.2 Å². The van der Waals surface area contributed by atoms with Crippen LogP contribution in [0.3, 0.4) is 0 Å². The second kappa shape index (κ2) is 14.5. The highest BCUT2D eigenvalue weighted by molar-refractivity contribution is 5.79. The first kappa shape index (κ1) is 29.8. The van der Waals surface area contributed by atoms with Gasteiger partial charge in [-0.05, 0) is 73.5 Å². The zero-order valence-corrected chi connectivity index (χ0v) is 24.2. The summed E-state index contributed by atoms with van der Waals surface area (Å²) in [6.45, 7) is 11.4. The zero-order valence-electron chi connectivity index (χ0n) is 24.2. The summed E-state index contributed by atoms with van der Waals surface area (Å²) in [7, 11) is 0. The van der Waals surface area contributed by atoms with Crippen molar-refractivity contribution in [2.24, 2.45) is 5.92 Å². The number of carbonyl (C=O) groups excluding carboxylic acids is 2. The maximum Gasteiger partial charge on any atom is 0.410 e. The van der Waals surface area contributed by atoms with Crippen LogP contribution in [0.2, 0.25) is 0 Å². The summed E-state index contributed by atoms with van der Waals surface area (Å²) in [4.78, 5) is 31.9. The predicted molar refractivity (Wildman–Crippen MR) is 154 cm³/mol. The van der Waals surface area contributed by atoms with Gasteiger partial charge in [-0.25, -0.2) is 9.18 Å². The van der Waals surface area contributed by atoms with E-state index in [1.807, 2.05) is 34.1 Å². The molecule has 2 heterocycles. The predicted octanol–water partition coefficient (Wildman–Crippen LogP) is 5.52.